The highest BCUT2D eigenvalue weighted by Gasteiger charge is 2.33. The minimum absolute atomic E-state index is 0.392. The van der Waals surface area contributed by atoms with Gasteiger partial charge in [0.15, 0.2) is 0 Å². The Morgan fingerprint density at radius 2 is 1.56 bits per heavy atom. The molecule has 3 heteroatoms. The first-order chi connectivity index (χ1) is 8.26. The summed E-state index contributed by atoms with van der Waals surface area (Å²) in [5.74, 6) is 0.785. The van der Waals surface area contributed by atoms with Gasteiger partial charge in [-0.2, -0.15) is 0 Å². The normalized spacial score (nSPS) is 12.5. The summed E-state index contributed by atoms with van der Waals surface area (Å²) in [6.07, 6.45) is 1.37. The predicted molar refractivity (Wildman–Crippen MR) is 79.3 cm³/mol. The predicted octanol–water partition coefficient (Wildman–Crippen LogP) is 5.27. The zero-order chi connectivity index (χ0) is 13.9. The Balaban J connectivity index is 3.20. The van der Waals surface area contributed by atoms with Crippen LogP contribution in [-0.4, -0.2) is 5.11 Å². The Kier molecular flexibility index (Phi) is 5.51. The van der Waals surface area contributed by atoms with E-state index in [0.29, 0.717) is 34.7 Å². The summed E-state index contributed by atoms with van der Waals surface area (Å²) in [6, 6.07) is 5.46. The van der Waals surface area contributed by atoms with Gasteiger partial charge < -0.3 is 5.11 Å². The van der Waals surface area contributed by atoms with Crippen LogP contribution >= 0.6 is 23.2 Å². The van der Waals surface area contributed by atoms with Crippen molar-refractivity contribution >= 4 is 23.2 Å². The second kappa shape index (κ2) is 6.27. The molecule has 0 saturated heterocycles. The molecule has 0 bridgehead atoms. The summed E-state index contributed by atoms with van der Waals surface area (Å²) in [7, 11) is 0. The van der Waals surface area contributed by atoms with Crippen molar-refractivity contribution in [1.29, 1.82) is 0 Å². The Morgan fingerprint density at radius 3 is 2.00 bits per heavy atom. The lowest BCUT2D eigenvalue weighted by molar-refractivity contribution is -0.00439. The van der Waals surface area contributed by atoms with E-state index >= 15 is 0 Å². The summed E-state index contributed by atoms with van der Waals surface area (Å²) in [6.45, 7) is 8.40. The standard InChI is InChI=1S/C15H22Cl2O/c1-10(2)8-15(18,9-11(3)4)12-6-5-7-13(16)14(12)17/h5-7,10-11,18H,8-9H2,1-4H3. The first kappa shape index (κ1) is 15.8. The summed E-state index contributed by atoms with van der Waals surface area (Å²) < 4.78 is 0. The molecule has 1 nitrogen and oxygen atoms in total. The Morgan fingerprint density at radius 1 is 1.06 bits per heavy atom. The van der Waals surface area contributed by atoms with Gasteiger partial charge in [-0.3, -0.25) is 0 Å². The smallest absolute Gasteiger partial charge is 0.0916 e. The first-order valence-electron chi connectivity index (χ1n) is 6.43. The van der Waals surface area contributed by atoms with Crippen molar-refractivity contribution in [1.82, 2.24) is 0 Å². The molecule has 0 unspecified atom stereocenters. The van der Waals surface area contributed by atoms with Crippen LogP contribution in [-0.2, 0) is 5.60 Å². The van der Waals surface area contributed by atoms with E-state index in [1.165, 1.54) is 0 Å². The van der Waals surface area contributed by atoms with Crippen LogP contribution in [0, 0.1) is 11.8 Å². The van der Waals surface area contributed by atoms with Crippen molar-refractivity contribution in [3.05, 3.63) is 33.8 Å². The summed E-state index contributed by atoms with van der Waals surface area (Å²) in [5, 5.41) is 12.0. The molecule has 0 aromatic heterocycles. The van der Waals surface area contributed by atoms with E-state index in [0.717, 1.165) is 5.56 Å². The van der Waals surface area contributed by atoms with Crippen LogP contribution in [0.4, 0.5) is 0 Å². The molecule has 0 aliphatic carbocycles. The first-order valence-corrected chi connectivity index (χ1v) is 7.18. The van der Waals surface area contributed by atoms with Crippen molar-refractivity contribution in [3.63, 3.8) is 0 Å². The lowest BCUT2D eigenvalue weighted by Gasteiger charge is -2.33. The quantitative estimate of drug-likeness (QED) is 0.782. The zero-order valence-electron chi connectivity index (χ0n) is 11.5. The van der Waals surface area contributed by atoms with Gasteiger partial charge in [-0.1, -0.05) is 63.0 Å². The fraction of sp³-hybridized carbons (Fsp3) is 0.600. The minimum Gasteiger partial charge on any atom is -0.385 e. The van der Waals surface area contributed by atoms with Crippen LogP contribution < -0.4 is 0 Å². The molecule has 0 atom stereocenters. The highest BCUT2D eigenvalue weighted by atomic mass is 35.5. The molecule has 18 heavy (non-hydrogen) atoms. The molecule has 0 heterocycles. The second-order valence-corrected chi connectivity index (χ2v) is 6.61. The van der Waals surface area contributed by atoms with Gasteiger partial charge in [-0.05, 0) is 30.7 Å². The van der Waals surface area contributed by atoms with E-state index in [4.69, 9.17) is 23.2 Å². The van der Waals surface area contributed by atoms with Crippen molar-refractivity contribution in [3.8, 4) is 0 Å². The van der Waals surface area contributed by atoms with E-state index in [-0.39, 0.29) is 0 Å². The van der Waals surface area contributed by atoms with Gasteiger partial charge in [0.1, 0.15) is 0 Å². The fourth-order valence-corrected chi connectivity index (χ4v) is 2.99. The maximum atomic E-state index is 11.0. The fourth-order valence-electron chi connectivity index (χ4n) is 2.52. The molecule has 1 N–H and O–H groups in total. The monoisotopic (exact) mass is 288 g/mol. The van der Waals surface area contributed by atoms with E-state index in [2.05, 4.69) is 27.7 Å². The van der Waals surface area contributed by atoms with Gasteiger partial charge in [-0.15, -0.1) is 0 Å². The van der Waals surface area contributed by atoms with Crippen molar-refractivity contribution in [2.75, 3.05) is 0 Å². The second-order valence-electron chi connectivity index (χ2n) is 5.83. The SMILES string of the molecule is CC(C)CC(O)(CC(C)C)c1cccc(Cl)c1Cl. The van der Waals surface area contributed by atoms with Crippen LogP contribution in [0.3, 0.4) is 0 Å². The minimum atomic E-state index is -0.898. The van der Waals surface area contributed by atoms with Gasteiger partial charge >= 0.3 is 0 Å². The van der Waals surface area contributed by atoms with Gasteiger partial charge in [0, 0.05) is 5.56 Å². The molecule has 1 rings (SSSR count). The van der Waals surface area contributed by atoms with Crippen LogP contribution in [0.5, 0.6) is 0 Å². The molecule has 0 aliphatic heterocycles. The molecule has 0 fully saturated rings. The third-order valence-electron chi connectivity index (χ3n) is 2.94. The molecular weight excluding hydrogens is 267 g/mol. The molecule has 0 amide bonds. The van der Waals surface area contributed by atoms with Crippen LogP contribution in [0.1, 0.15) is 46.1 Å². The van der Waals surface area contributed by atoms with Crippen molar-refractivity contribution < 1.29 is 5.11 Å². The number of halogens is 2. The van der Waals surface area contributed by atoms with E-state index < -0.39 is 5.60 Å². The topological polar surface area (TPSA) is 20.2 Å². The molecule has 0 saturated carbocycles. The largest absolute Gasteiger partial charge is 0.385 e. The molecule has 1 aromatic carbocycles. The average Bonchev–Trinajstić information content (AvgIpc) is 2.19. The van der Waals surface area contributed by atoms with Crippen LogP contribution in [0.15, 0.2) is 18.2 Å². The lowest BCUT2D eigenvalue weighted by Crippen LogP contribution is -2.30. The Bertz CT molecular complexity index is 389. The summed E-state index contributed by atoms with van der Waals surface area (Å²) in [5.41, 5.74) is -0.149. The van der Waals surface area contributed by atoms with Gasteiger partial charge in [0.2, 0.25) is 0 Å². The van der Waals surface area contributed by atoms with E-state index in [9.17, 15) is 5.11 Å². The van der Waals surface area contributed by atoms with E-state index in [1.807, 2.05) is 12.1 Å². The lowest BCUT2D eigenvalue weighted by atomic mass is 9.80. The van der Waals surface area contributed by atoms with Gasteiger partial charge in [0.25, 0.3) is 0 Å². The molecule has 1 aromatic rings. The molecular formula is C15H22Cl2O. The molecule has 0 radical (unpaired) electrons. The maximum absolute atomic E-state index is 11.0. The summed E-state index contributed by atoms with van der Waals surface area (Å²) >= 11 is 12.3. The molecule has 0 aliphatic rings. The van der Waals surface area contributed by atoms with Crippen LogP contribution in [0.2, 0.25) is 10.0 Å². The molecule has 102 valence electrons. The number of hydrogen-bond acceptors (Lipinski definition) is 1. The van der Waals surface area contributed by atoms with Crippen molar-refractivity contribution in [2.24, 2.45) is 11.8 Å². The molecule has 0 spiro atoms. The summed E-state index contributed by atoms with van der Waals surface area (Å²) in [4.78, 5) is 0. The Hall–Kier alpha value is -0.240. The zero-order valence-corrected chi connectivity index (χ0v) is 13.0. The maximum Gasteiger partial charge on any atom is 0.0916 e. The van der Waals surface area contributed by atoms with Gasteiger partial charge in [0.05, 0.1) is 15.6 Å². The number of rotatable bonds is 5. The van der Waals surface area contributed by atoms with Crippen LogP contribution in [0.25, 0.3) is 0 Å². The van der Waals surface area contributed by atoms with Gasteiger partial charge in [-0.25, -0.2) is 0 Å². The highest BCUT2D eigenvalue weighted by molar-refractivity contribution is 6.42. The number of aliphatic hydroxyl groups is 1. The van der Waals surface area contributed by atoms with E-state index in [1.54, 1.807) is 6.07 Å². The third-order valence-corrected chi connectivity index (χ3v) is 3.76. The highest BCUT2D eigenvalue weighted by Crippen LogP contribution is 2.40. The number of benzene rings is 1. The third kappa shape index (κ3) is 3.88. The Labute approximate surface area is 120 Å². The number of hydrogen-bond donors (Lipinski definition) is 1. The van der Waals surface area contributed by atoms with Crippen molar-refractivity contribution in [2.45, 2.75) is 46.1 Å². The average molecular weight is 289 g/mol.